The molecule has 0 atom stereocenters. The molecule has 2 aromatic carbocycles. The van der Waals surface area contributed by atoms with Gasteiger partial charge in [-0.25, -0.2) is 9.97 Å². The van der Waals surface area contributed by atoms with Gasteiger partial charge in [-0.2, -0.15) is 0 Å². The Morgan fingerprint density at radius 3 is 2.46 bits per heavy atom. The Morgan fingerprint density at radius 1 is 1.00 bits per heavy atom. The van der Waals surface area contributed by atoms with Gasteiger partial charge in [0, 0.05) is 36.7 Å². The number of anilines is 1. The van der Waals surface area contributed by atoms with Crippen LogP contribution in [0.4, 0.5) is 5.82 Å². The molecule has 180 valence electrons. The van der Waals surface area contributed by atoms with Gasteiger partial charge >= 0.3 is 0 Å². The maximum Gasteiger partial charge on any atom is 0.251 e. The Bertz CT molecular complexity index is 1230. The third kappa shape index (κ3) is 6.96. The molecule has 1 N–H and O–H groups in total. The molecule has 0 bridgehead atoms. The van der Waals surface area contributed by atoms with E-state index in [1.807, 2.05) is 36.4 Å². The highest BCUT2D eigenvalue weighted by molar-refractivity contribution is 7.98. The van der Waals surface area contributed by atoms with Gasteiger partial charge in [0.25, 0.3) is 5.91 Å². The van der Waals surface area contributed by atoms with Crippen LogP contribution in [0, 0.1) is 0 Å². The van der Waals surface area contributed by atoms with Crippen LogP contribution >= 0.6 is 11.8 Å². The van der Waals surface area contributed by atoms with E-state index in [4.69, 9.17) is 14.4 Å². The van der Waals surface area contributed by atoms with Crippen molar-refractivity contribution in [1.29, 1.82) is 0 Å². The minimum Gasteiger partial charge on any atom is -0.467 e. The first kappa shape index (κ1) is 24.5. The molecular formula is C28H30N4O2S. The van der Waals surface area contributed by atoms with Gasteiger partial charge in [-0.05, 0) is 41.3 Å². The Morgan fingerprint density at radius 2 is 1.77 bits per heavy atom. The fourth-order valence-corrected chi connectivity index (χ4v) is 4.32. The van der Waals surface area contributed by atoms with Gasteiger partial charge < -0.3 is 14.6 Å². The zero-order chi connectivity index (χ0) is 24.6. The first-order valence-electron chi connectivity index (χ1n) is 11.6. The van der Waals surface area contributed by atoms with Crippen LogP contribution in [0.2, 0.25) is 0 Å². The summed E-state index contributed by atoms with van der Waals surface area (Å²) >= 11 is 1.60. The number of rotatable bonds is 10. The number of hydrogen-bond donors (Lipinski definition) is 1. The smallest absolute Gasteiger partial charge is 0.251 e. The molecule has 0 aliphatic rings. The van der Waals surface area contributed by atoms with Crippen LogP contribution in [-0.2, 0) is 18.8 Å². The van der Waals surface area contributed by atoms with Crippen molar-refractivity contribution in [3.05, 3.63) is 107 Å². The first-order valence-corrected chi connectivity index (χ1v) is 12.6. The standard InChI is InChI=1S/C28H30N4O2S/c1-20(2)25-16-26(32(3)18-21-8-5-4-6-9-21)31-28(30-25)35-19-22-11-13-23(14-12-22)27(33)29-17-24-10-7-15-34-24/h4-16,20H,17-19H2,1-3H3,(H,29,33). The lowest BCUT2D eigenvalue weighted by Gasteiger charge is -2.20. The minimum absolute atomic E-state index is 0.125. The summed E-state index contributed by atoms with van der Waals surface area (Å²) in [6.07, 6.45) is 1.60. The van der Waals surface area contributed by atoms with Crippen LogP contribution in [0.15, 0.2) is 88.6 Å². The number of aromatic nitrogens is 2. The van der Waals surface area contributed by atoms with Crippen LogP contribution in [-0.4, -0.2) is 22.9 Å². The van der Waals surface area contributed by atoms with Crippen molar-refractivity contribution >= 4 is 23.5 Å². The number of hydrogen-bond acceptors (Lipinski definition) is 6. The molecule has 0 spiro atoms. The summed E-state index contributed by atoms with van der Waals surface area (Å²) in [6, 6.07) is 23.7. The molecule has 35 heavy (non-hydrogen) atoms. The summed E-state index contributed by atoms with van der Waals surface area (Å²) in [6.45, 7) is 5.44. The molecule has 2 heterocycles. The molecule has 0 aliphatic carbocycles. The molecule has 0 saturated carbocycles. The van der Waals surface area contributed by atoms with Crippen LogP contribution in [0.5, 0.6) is 0 Å². The van der Waals surface area contributed by atoms with Crippen LogP contribution in [0.3, 0.4) is 0 Å². The van der Waals surface area contributed by atoms with E-state index >= 15 is 0 Å². The predicted molar refractivity (Wildman–Crippen MR) is 141 cm³/mol. The van der Waals surface area contributed by atoms with E-state index in [1.54, 1.807) is 24.1 Å². The summed E-state index contributed by atoms with van der Waals surface area (Å²) < 4.78 is 5.26. The van der Waals surface area contributed by atoms with Crippen molar-refractivity contribution in [3.8, 4) is 0 Å². The zero-order valence-corrected chi connectivity index (χ0v) is 21.1. The molecule has 4 rings (SSSR count). The third-order valence-electron chi connectivity index (χ3n) is 5.54. The van der Waals surface area contributed by atoms with E-state index in [2.05, 4.69) is 61.4 Å². The lowest BCUT2D eigenvalue weighted by Crippen LogP contribution is -2.22. The number of nitrogens with zero attached hydrogens (tertiary/aromatic N) is 3. The molecule has 1 amide bonds. The van der Waals surface area contributed by atoms with Crippen molar-refractivity contribution in [2.24, 2.45) is 0 Å². The molecule has 0 radical (unpaired) electrons. The van der Waals surface area contributed by atoms with E-state index in [-0.39, 0.29) is 5.91 Å². The number of amides is 1. The highest BCUT2D eigenvalue weighted by Gasteiger charge is 2.13. The summed E-state index contributed by atoms with van der Waals surface area (Å²) in [7, 11) is 2.06. The number of nitrogens with one attached hydrogen (secondary N) is 1. The topological polar surface area (TPSA) is 71.3 Å². The normalized spacial score (nSPS) is 11.0. The Balaban J connectivity index is 1.39. The fraction of sp³-hybridized carbons (Fsp3) is 0.250. The van der Waals surface area contributed by atoms with E-state index in [1.165, 1.54) is 5.56 Å². The molecule has 0 fully saturated rings. The first-order chi connectivity index (χ1) is 17.0. The maximum absolute atomic E-state index is 12.4. The summed E-state index contributed by atoms with van der Waals surface area (Å²) in [5.41, 5.74) is 3.99. The van der Waals surface area contributed by atoms with Crippen LogP contribution in [0.25, 0.3) is 0 Å². The van der Waals surface area contributed by atoms with Crippen molar-refractivity contribution in [1.82, 2.24) is 15.3 Å². The summed E-state index contributed by atoms with van der Waals surface area (Å²) in [5.74, 6) is 2.54. The Hall–Kier alpha value is -3.58. The fourth-order valence-electron chi connectivity index (χ4n) is 3.51. The van der Waals surface area contributed by atoms with Gasteiger partial charge in [0.05, 0.1) is 12.8 Å². The van der Waals surface area contributed by atoms with E-state index in [9.17, 15) is 4.79 Å². The monoisotopic (exact) mass is 486 g/mol. The molecule has 7 heteroatoms. The predicted octanol–water partition coefficient (Wildman–Crippen LogP) is 6.05. The molecule has 0 saturated heterocycles. The SMILES string of the molecule is CC(C)c1cc(N(C)Cc2ccccc2)nc(SCc2ccc(C(=O)NCc3ccco3)cc2)n1. The molecule has 0 aliphatic heterocycles. The molecule has 2 aromatic heterocycles. The largest absolute Gasteiger partial charge is 0.467 e. The van der Waals surface area contributed by atoms with Gasteiger partial charge in [-0.15, -0.1) is 0 Å². The lowest BCUT2D eigenvalue weighted by molar-refractivity contribution is 0.0948. The lowest BCUT2D eigenvalue weighted by atomic mass is 10.1. The van der Waals surface area contributed by atoms with Crippen molar-refractivity contribution in [3.63, 3.8) is 0 Å². The van der Waals surface area contributed by atoms with Gasteiger partial charge in [-0.1, -0.05) is 68.1 Å². The van der Waals surface area contributed by atoms with Crippen LogP contribution < -0.4 is 10.2 Å². The molecular weight excluding hydrogens is 456 g/mol. The van der Waals surface area contributed by atoms with E-state index in [0.29, 0.717) is 18.0 Å². The van der Waals surface area contributed by atoms with Gasteiger partial charge in [0.15, 0.2) is 5.16 Å². The van der Waals surface area contributed by atoms with Gasteiger partial charge in [0.1, 0.15) is 11.6 Å². The van der Waals surface area contributed by atoms with Gasteiger partial charge in [0.2, 0.25) is 0 Å². The average Bonchev–Trinajstić information content (AvgIpc) is 3.40. The summed E-state index contributed by atoms with van der Waals surface area (Å²) in [4.78, 5) is 24.1. The van der Waals surface area contributed by atoms with E-state index in [0.717, 1.165) is 40.3 Å². The van der Waals surface area contributed by atoms with Crippen molar-refractivity contribution in [2.45, 2.75) is 43.8 Å². The van der Waals surface area contributed by atoms with Crippen LogP contribution in [0.1, 0.15) is 52.7 Å². The minimum atomic E-state index is -0.125. The number of furan rings is 1. The number of benzene rings is 2. The molecule has 0 unspecified atom stereocenters. The van der Waals surface area contributed by atoms with Crippen molar-refractivity contribution < 1.29 is 9.21 Å². The quantitative estimate of drug-likeness (QED) is 0.217. The number of thioether (sulfide) groups is 1. The highest BCUT2D eigenvalue weighted by atomic mass is 32.2. The van der Waals surface area contributed by atoms with Crippen molar-refractivity contribution in [2.75, 3.05) is 11.9 Å². The number of carbonyl (C=O) groups is 1. The Kier molecular flexibility index (Phi) is 8.21. The second kappa shape index (κ2) is 11.7. The van der Waals surface area contributed by atoms with E-state index < -0.39 is 0 Å². The molecule has 4 aromatic rings. The third-order valence-corrected chi connectivity index (χ3v) is 6.46. The summed E-state index contributed by atoms with van der Waals surface area (Å²) in [5, 5.41) is 3.62. The van der Waals surface area contributed by atoms with Gasteiger partial charge in [-0.3, -0.25) is 4.79 Å². The second-order valence-electron chi connectivity index (χ2n) is 8.68. The average molecular weight is 487 g/mol. The second-order valence-corrected chi connectivity index (χ2v) is 9.62. The number of carbonyl (C=O) groups excluding carboxylic acids is 1. The molecule has 6 nitrogen and oxygen atoms in total. The zero-order valence-electron chi connectivity index (χ0n) is 20.3. The maximum atomic E-state index is 12.4. The highest BCUT2D eigenvalue weighted by Crippen LogP contribution is 2.26. The Labute approximate surface area is 210 Å².